The lowest BCUT2D eigenvalue weighted by molar-refractivity contribution is 0.0937. The van der Waals surface area contributed by atoms with Gasteiger partial charge in [0.2, 0.25) is 5.95 Å². The van der Waals surface area contributed by atoms with E-state index in [2.05, 4.69) is 10.3 Å². The molecule has 19 heavy (non-hydrogen) atoms. The molecule has 1 saturated carbocycles. The number of halogens is 1. The molecule has 1 amide bonds. The average molecular weight is 261 g/mol. The van der Waals surface area contributed by atoms with Gasteiger partial charge in [0, 0.05) is 24.0 Å². The Hall–Kier alpha value is -1.91. The molecule has 0 aromatic carbocycles. The van der Waals surface area contributed by atoms with E-state index >= 15 is 0 Å². The van der Waals surface area contributed by atoms with Crippen LogP contribution in [0, 0.1) is 18.8 Å². The number of carbonyl (C=O) groups excluding carboxylic acids is 1. The van der Waals surface area contributed by atoms with Crippen molar-refractivity contribution in [2.24, 2.45) is 5.92 Å². The lowest BCUT2D eigenvalue weighted by atomic mass is 10.2. The van der Waals surface area contributed by atoms with Gasteiger partial charge in [-0.15, -0.1) is 0 Å². The molecular weight excluding hydrogens is 245 g/mol. The zero-order valence-corrected chi connectivity index (χ0v) is 11.0. The summed E-state index contributed by atoms with van der Waals surface area (Å²) in [6.45, 7) is 3.79. The summed E-state index contributed by atoms with van der Waals surface area (Å²) >= 11 is 0. The Balaban J connectivity index is 1.93. The molecule has 4 nitrogen and oxygen atoms in total. The van der Waals surface area contributed by atoms with E-state index in [4.69, 9.17) is 0 Å². The van der Waals surface area contributed by atoms with Crippen molar-refractivity contribution in [1.82, 2.24) is 14.7 Å². The number of aromatic nitrogens is 2. The van der Waals surface area contributed by atoms with Crippen molar-refractivity contribution in [1.29, 1.82) is 0 Å². The molecule has 2 aromatic rings. The minimum Gasteiger partial charge on any atom is -0.349 e. The third-order valence-corrected chi connectivity index (χ3v) is 3.71. The minimum atomic E-state index is -0.562. The molecule has 0 saturated heterocycles. The highest BCUT2D eigenvalue weighted by atomic mass is 19.1. The largest absolute Gasteiger partial charge is 0.349 e. The number of fused-ring (bicyclic) bond motifs is 1. The molecule has 2 heterocycles. The Labute approximate surface area is 110 Å². The van der Waals surface area contributed by atoms with Crippen molar-refractivity contribution in [2.75, 3.05) is 0 Å². The number of carbonyl (C=O) groups is 1. The van der Waals surface area contributed by atoms with Gasteiger partial charge in [-0.1, -0.05) is 0 Å². The van der Waals surface area contributed by atoms with Gasteiger partial charge >= 0.3 is 0 Å². The lowest BCUT2D eigenvalue weighted by Gasteiger charge is -2.12. The van der Waals surface area contributed by atoms with Crippen LogP contribution in [0.15, 0.2) is 18.3 Å². The van der Waals surface area contributed by atoms with Gasteiger partial charge in [-0.25, -0.2) is 4.98 Å². The molecule has 0 spiro atoms. The van der Waals surface area contributed by atoms with Crippen LogP contribution in [-0.2, 0) is 0 Å². The van der Waals surface area contributed by atoms with Crippen LogP contribution in [0.3, 0.4) is 0 Å². The van der Waals surface area contributed by atoms with E-state index in [0.29, 0.717) is 17.1 Å². The van der Waals surface area contributed by atoms with Crippen LogP contribution in [0.1, 0.15) is 35.8 Å². The number of hydrogen-bond donors (Lipinski definition) is 1. The second-order valence-electron chi connectivity index (χ2n) is 5.24. The summed E-state index contributed by atoms with van der Waals surface area (Å²) < 4.78 is 15.1. The van der Waals surface area contributed by atoms with Gasteiger partial charge in [-0.05, 0) is 38.7 Å². The highest BCUT2D eigenvalue weighted by Crippen LogP contribution is 2.32. The van der Waals surface area contributed by atoms with Crippen molar-refractivity contribution in [3.63, 3.8) is 0 Å². The monoisotopic (exact) mass is 261 g/mol. The summed E-state index contributed by atoms with van der Waals surface area (Å²) in [5.74, 6) is -0.156. The van der Waals surface area contributed by atoms with E-state index in [-0.39, 0.29) is 11.9 Å². The maximum atomic E-state index is 13.4. The third kappa shape index (κ3) is 2.20. The van der Waals surface area contributed by atoms with E-state index in [0.717, 1.165) is 5.69 Å². The summed E-state index contributed by atoms with van der Waals surface area (Å²) in [5, 5.41) is 2.96. The van der Waals surface area contributed by atoms with Crippen molar-refractivity contribution >= 4 is 11.6 Å². The number of nitrogens with zero attached hydrogens (tertiary/aromatic N) is 2. The first-order chi connectivity index (χ1) is 9.06. The Morgan fingerprint density at radius 3 is 3.00 bits per heavy atom. The average Bonchev–Trinajstić information content (AvgIpc) is 3.09. The SMILES string of the molecule is Cc1cc(F)nc2c(C(=O)N[C@@H](C)C3CC3)ccn12. The minimum absolute atomic E-state index is 0.164. The van der Waals surface area contributed by atoms with Crippen LogP contribution >= 0.6 is 0 Å². The van der Waals surface area contributed by atoms with Gasteiger partial charge in [0.1, 0.15) is 0 Å². The van der Waals surface area contributed by atoms with Crippen LogP contribution in [0.5, 0.6) is 0 Å². The standard InChI is InChI=1S/C14H16FN3O/c1-8-7-12(15)17-13-11(5-6-18(8)13)14(19)16-9(2)10-3-4-10/h5-7,9-10H,3-4H2,1-2H3,(H,16,19)/t9-/m0/s1. The summed E-state index contributed by atoms with van der Waals surface area (Å²) in [4.78, 5) is 16.0. The predicted molar refractivity (Wildman–Crippen MR) is 69.5 cm³/mol. The third-order valence-electron chi connectivity index (χ3n) is 3.71. The second-order valence-corrected chi connectivity index (χ2v) is 5.24. The Morgan fingerprint density at radius 1 is 1.58 bits per heavy atom. The summed E-state index contributed by atoms with van der Waals surface area (Å²) in [6, 6.07) is 3.20. The van der Waals surface area contributed by atoms with Crippen LogP contribution in [0.4, 0.5) is 4.39 Å². The van der Waals surface area contributed by atoms with Crippen LogP contribution in [0.2, 0.25) is 0 Å². The summed E-state index contributed by atoms with van der Waals surface area (Å²) in [6.07, 6.45) is 4.09. The Kier molecular flexibility index (Phi) is 2.77. The van der Waals surface area contributed by atoms with E-state index in [1.807, 2.05) is 6.92 Å². The lowest BCUT2D eigenvalue weighted by Crippen LogP contribution is -2.34. The number of nitrogens with one attached hydrogen (secondary N) is 1. The fourth-order valence-corrected chi connectivity index (χ4v) is 2.37. The summed E-state index contributed by atoms with van der Waals surface area (Å²) in [5.41, 5.74) is 1.52. The van der Waals surface area contributed by atoms with Crippen molar-refractivity contribution in [2.45, 2.75) is 32.7 Å². The second kappa shape index (κ2) is 4.33. The molecule has 0 unspecified atom stereocenters. The van der Waals surface area contributed by atoms with Crippen LogP contribution in [0.25, 0.3) is 5.65 Å². The van der Waals surface area contributed by atoms with Gasteiger partial charge in [0.05, 0.1) is 5.56 Å². The molecule has 1 aliphatic rings. The smallest absolute Gasteiger partial charge is 0.255 e. The van der Waals surface area contributed by atoms with Gasteiger partial charge in [-0.2, -0.15) is 4.39 Å². The van der Waals surface area contributed by atoms with Crippen LogP contribution < -0.4 is 5.32 Å². The molecule has 0 aliphatic heterocycles. The quantitative estimate of drug-likeness (QED) is 0.862. The Morgan fingerprint density at radius 2 is 2.32 bits per heavy atom. The molecule has 1 fully saturated rings. The topological polar surface area (TPSA) is 46.4 Å². The van der Waals surface area contributed by atoms with E-state index in [1.165, 1.54) is 18.9 Å². The first kappa shape index (κ1) is 12.1. The van der Waals surface area contributed by atoms with Crippen molar-refractivity contribution < 1.29 is 9.18 Å². The molecule has 3 rings (SSSR count). The number of rotatable bonds is 3. The van der Waals surface area contributed by atoms with Crippen molar-refractivity contribution in [3.8, 4) is 0 Å². The number of hydrogen-bond acceptors (Lipinski definition) is 2. The predicted octanol–water partition coefficient (Wildman–Crippen LogP) is 2.31. The summed E-state index contributed by atoms with van der Waals surface area (Å²) in [7, 11) is 0. The normalized spacial score (nSPS) is 16.6. The fraction of sp³-hybridized carbons (Fsp3) is 0.429. The molecule has 0 radical (unpaired) electrons. The highest BCUT2D eigenvalue weighted by Gasteiger charge is 2.29. The van der Waals surface area contributed by atoms with E-state index < -0.39 is 5.95 Å². The molecule has 1 atom stereocenters. The molecular formula is C14H16FN3O. The first-order valence-electron chi connectivity index (χ1n) is 6.51. The molecule has 100 valence electrons. The van der Waals surface area contributed by atoms with Gasteiger partial charge in [0.25, 0.3) is 5.91 Å². The number of aryl methyl sites for hydroxylation is 1. The molecule has 1 aliphatic carbocycles. The number of amides is 1. The molecule has 0 bridgehead atoms. The van der Waals surface area contributed by atoms with E-state index in [9.17, 15) is 9.18 Å². The van der Waals surface area contributed by atoms with Gasteiger partial charge in [-0.3, -0.25) is 4.79 Å². The zero-order chi connectivity index (χ0) is 13.6. The molecule has 1 N–H and O–H groups in total. The van der Waals surface area contributed by atoms with E-state index in [1.54, 1.807) is 23.6 Å². The Bertz CT molecular complexity index is 645. The van der Waals surface area contributed by atoms with Crippen molar-refractivity contribution in [3.05, 3.63) is 35.5 Å². The zero-order valence-electron chi connectivity index (χ0n) is 11.0. The highest BCUT2D eigenvalue weighted by molar-refractivity contribution is 6.00. The van der Waals surface area contributed by atoms with Gasteiger partial charge < -0.3 is 9.72 Å². The maximum Gasteiger partial charge on any atom is 0.255 e. The van der Waals surface area contributed by atoms with Gasteiger partial charge in [0.15, 0.2) is 5.65 Å². The maximum absolute atomic E-state index is 13.4. The fourth-order valence-electron chi connectivity index (χ4n) is 2.37. The van der Waals surface area contributed by atoms with Crippen LogP contribution in [-0.4, -0.2) is 21.3 Å². The first-order valence-corrected chi connectivity index (χ1v) is 6.51. The molecule has 2 aromatic heterocycles. The molecule has 5 heteroatoms.